The Kier molecular flexibility index (Phi) is 3.82. The van der Waals surface area contributed by atoms with E-state index in [2.05, 4.69) is 24.1 Å². The summed E-state index contributed by atoms with van der Waals surface area (Å²) in [4.78, 5) is 11.5. The maximum atomic E-state index is 11.5. The van der Waals surface area contributed by atoms with Crippen LogP contribution in [0.2, 0.25) is 0 Å². The third-order valence-corrected chi connectivity index (χ3v) is 4.06. The molecular weight excluding hydrogens is 288 g/mol. The smallest absolute Gasteiger partial charge is 0.337 e. The lowest BCUT2D eigenvalue weighted by Crippen LogP contribution is -2.31. The van der Waals surface area contributed by atoms with Crippen LogP contribution >= 0.6 is 0 Å². The van der Waals surface area contributed by atoms with Gasteiger partial charge in [0.25, 0.3) is 0 Å². The second-order valence-corrected chi connectivity index (χ2v) is 5.96. The van der Waals surface area contributed by atoms with Crippen molar-refractivity contribution in [3.8, 4) is 0 Å². The van der Waals surface area contributed by atoms with Gasteiger partial charge in [-0.3, -0.25) is 0 Å². The molecule has 0 spiro atoms. The van der Waals surface area contributed by atoms with Crippen LogP contribution < -0.4 is 0 Å². The van der Waals surface area contributed by atoms with Crippen LogP contribution in [0.4, 0.5) is 0 Å². The number of carbonyl (C=O) groups excluding carboxylic acids is 1. The summed E-state index contributed by atoms with van der Waals surface area (Å²) < 4.78 is 4.73. The minimum absolute atomic E-state index is 0.297. The van der Waals surface area contributed by atoms with Crippen LogP contribution in [-0.4, -0.2) is 24.5 Å². The lowest BCUT2D eigenvalue weighted by molar-refractivity contribution is 0.0600. The van der Waals surface area contributed by atoms with Crippen LogP contribution in [0.15, 0.2) is 64.8 Å². The molecule has 4 nitrogen and oxygen atoms in total. The van der Waals surface area contributed by atoms with E-state index >= 15 is 0 Å². The van der Waals surface area contributed by atoms with Gasteiger partial charge in [-0.05, 0) is 37.1 Å². The second kappa shape index (κ2) is 5.80. The van der Waals surface area contributed by atoms with Gasteiger partial charge in [0.15, 0.2) is 0 Å². The van der Waals surface area contributed by atoms with Crippen LogP contribution in [0.3, 0.4) is 0 Å². The molecule has 116 valence electrons. The van der Waals surface area contributed by atoms with E-state index in [0.717, 1.165) is 22.6 Å². The summed E-state index contributed by atoms with van der Waals surface area (Å²) in [7, 11) is 1.38. The molecule has 0 bridgehead atoms. The lowest BCUT2D eigenvalue weighted by atomic mass is 9.77. The van der Waals surface area contributed by atoms with E-state index in [-0.39, 0.29) is 11.4 Å². The predicted molar refractivity (Wildman–Crippen MR) is 91.1 cm³/mol. The van der Waals surface area contributed by atoms with Gasteiger partial charge in [0, 0.05) is 0 Å². The van der Waals surface area contributed by atoms with E-state index in [1.807, 2.05) is 42.5 Å². The van der Waals surface area contributed by atoms with E-state index < -0.39 is 0 Å². The molecular formula is C19H18N2O2. The fourth-order valence-electron chi connectivity index (χ4n) is 2.78. The largest absolute Gasteiger partial charge is 0.465 e. The molecule has 3 rings (SSSR count). The molecule has 2 aromatic rings. The molecule has 0 aliphatic carbocycles. The standard InChI is InChI=1S/C19H18N2O2/c1-19(2)16(13-7-5-4-6-8-13)20-21-17(19)14-9-11-15(12-10-14)18(22)23-3/h4-12H,1-3H3. The number of ether oxygens (including phenoxy) is 1. The molecule has 1 heterocycles. The normalized spacial score (nSPS) is 15.8. The molecule has 0 saturated carbocycles. The van der Waals surface area contributed by atoms with E-state index in [9.17, 15) is 4.79 Å². The van der Waals surface area contributed by atoms with Crippen molar-refractivity contribution in [2.24, 2.45) is 15.6 Å². The van der Waals surface area contributed by atoms with Gasteiger partial charge in [0.2, 0.25) is 0 Å². The fourth-order valence-corrected chi connectivity index (χ4v) is 2.78. The van der Waals surface area contributed by atoms with E-state index in [1.54, 1.807) is 12.1 Å². The maximum Gasteiger partial charge on any atom is 0.337 e. The van der Waals surface area contributed by atoms with Crippen molar-refractivity contribution in [3.05, 3.63) is 71.3 Å². The Hall–Kier alpha value is -2.75. The SMILES string of the molecule is COC(=O)c1ccc(C2=NN=C(c3ccccc3)C2(C)C)cc1. The Morgan fingerprint density at radius 1 is 0.870 bits per heavy atom. The number of rotatable bonds is 3. The van der Waals surface area contributed by atoms with Gasteiger partial charge in [0.05, 0.1) is 29.5 Å². The number of benzene rings is 2. The highest BCUT2D eigenvalue weighted by Crippen LogP contribution is 2.33. The first kappa shape index (κ1) is 15.2. The average molecular weight is 306 g/mol. The monoisotopic (exact) mass is 306 g/mol. The first-order valence-corrected chi connectivity index (χ1v) is 7.45. The minimum Gasteiger partial charge on any atom is -0.465 e. The molecule has 23 heavy (non-hydrogen) atoms. The minimum atomic E-state index is -0.342. The molecule has 0 amide bonds. The number of methoxy groups -OCH3 is 1. The van der Waals surface area contributed by atoms with Crippen molar-refractivity contribution in [2.75, 3.05) is 7.11 Å². The topological polar surface area (TPSA) is 51.0 Å². The molecule has 4 heteroatoms. The third kappa shape index (κ3) is 2.68. The van der Waals surface area contributed by atoms with Gasteiger partial charge in [-0.1, -0.05) is 42.5 Å². The molecule has 1 aliphatic heterocycles. The third-order valence-electron chi connectivity index (χ3n) is 4.06. The van der Waals surface area contributed by atoms with Gasteiger partial charge in [-0.2, -0.15) is 10.2 Å². The summed E-state index contributed by atoms with van der Waals surface area (Å²) in [6, 6.07) is 17.3. The molecule has 0 radical (unpaired) electrons. The Balaban J connectivity index is 1.90. The van der Waals surface area contributed by atoms with Gasteiger partial charge in [-0.15, -0.1) is 0 Å². The molecule has 2 aromatic carbocycles. The number of esters is 1. The van der Waals surface area contributed by atoms with Crippen LogP contribution in [0.25, 0.3) is 0 Å². The number of hydrogen-bond donors (Lipinski definition) is 0. The van der Waals surface area contributed by atoms with E-state index in [0.29, 0.717) is 5.56 Å². The van der Waals surface area contributed by atoms with Crippen LogP contribution in [-0.2, 0) is 4.74 Å². The lowest BCUT2D eigenvalue weighted by Gasteiger charge is -2.23. The molecule has 0 unspecified atom stereocenters. The van der Waals surface area contributed by atoms with Crippen molar-refractivity contribution >= 4 is 17.4 Å². The van der Waals surface area contributed by atoms with E-state index in [1.165, 1.54) is 7.11 Å². The molecule has 0 atom stereocenters. The van der Waals surface area contributed by atoms with Gasteiger partial charge >= 0.3 is 5.97 Å². The maximum absolute atomic E-state index is 11.5. The summed E-state index contributed by atoms with van der Waals surface area (Å²) in [6.45, 7) is 4.22. The van der Waals surface area contributed by atoms with Crippen molar-refractivity contribution in [1.82, 2.24) is 0 Å². The van der Waals surface area contributed by atoms with E-state index in [4.69, 9.17) is 4.74 Å². The number of hydrogen-bond acceptors (Lipinski definition) is 4. The second-order valence-electron chi connectivity index (χ2n) is 5.96. The molecule has 0 N–H and O–H groups in total. The Morgan fingerprint density at radius 2 is 1.39 bits per heavy atom. The summed E-state index contributed by atoms with van der Waals surface area (Å²) in [5.74, 6) is -0.342. The average Bonchev–Trinajstić information content (AvgIpc) is 2.90. The first-order valence-electron chi connectivity index (χ1n) is 7.45. The van der Waals surface area contributed by atoms with Crippen molar-refractivity contribution < 1.29 is 9.53 Å². The first-order chi connectivity index (χ1) is 11.0. The van der Waals surface area contributed by atoms with Crippen molar-refractivity contribution in [2.45, 2.75) is 13.8 Å². The Bertz CT molecular complexity index is 788. The zero-order chi connectivity index (χ0) is 16.4. The highest BCUT2D eigenvalue weighted by atomic mass is 16.5. The quantitative estimate of drug-likeness (QED) is 0.812. The van der Waals surface area contributed by atoms with Crippen LogP contribution in [0.1, 0.15) is 35.3 Å². The molecule has 0 fully saturated rings. The molecule has 0 saturated heterocycles. The van der Waals surface area contributed by atoms with Gasteiger partial charge in [-0.25, -0.2) is 4.79 Å². The van der Waals surface area contributed by atoms with Crippen LogP contribution in [0.5, 0.6) is 0 Å². The summed E-state index contributed by atoms with van der Waals surface area (Å²) >= 11 is 0. The van der Waals surface area contributed by atoms with Gasteiger partial charge in [0.1, 0.15) is 0 Å². The summed E-state index contributed by atoms with van der Waals surface area (Å²) in [6.07, 6.45) is 0. The fraction of sp³-hybridized carbons (Fsp3) is 0.211. The highest BCUT2D eigenvalue weighted by Gasteiger charge is 2.37. The van der Waals surface area contributed by atoms with Crippen molar-refractivity contribution in [3.63, 3.8) is 0 Å². The summed E-state index contributed by atoms with van der Waals surface area (Å²) in [5, 5.41) is 8.80. The highest BCUT2D eigenvalue weighted by molar-refractivity contribution is 6.25. The van der Waals surface area contributed by atoms with Crippen molar-refractivity contribution in [1.29, 1.82) is 0 Å². The van der Waals surface area contributed by atoms with Crippen LogP contribution in [0, 0.1) is 5.41 Å². The van der Waals surface area contributed by atoms with Gasteiger partial charge < -0.3 is 4.74 Å². The predicted octanol–water partition coefficient (Wildman–Crippen LogP) is 3.71. The number of nitrogens with zero attached hydrogens (tertiary/aromatic N) is 2. The zero-order valence-corrected chi connectivity index (χ0v) is 13.4. The summed E-state index contributed by atoms with van der Waals surface area (Å²) in [5.41, 5.74) is 4.10. The Morgan fingerprint density at radius 3 is 1.91 bits per heavy atom. The zero-order valence-electron chi connectivity index (χ0n) is 13.4. The Labute approximate surface area is 135 Å². The molecule has 0 aromatic heterocycles. The molecule has 1 aliphatic rings. The number of carbonyl (C=O) groups is 1.